The molecule has 0 spiro atoms. The van der Waals surface area contributed by atoms with Crippen LogP contribution in [0.3, 0.4) is 0 Å². The molecule has 114 valence electrons. The summed E-state index contributed by atoms with van der Waals surface area (Å²) in [4.78, 5) is 17.1. The highest BCUT2D eigenvalue weighted by Gasteiger charge is 2.07. The Bertz CT molecular complexity index is 529. The highest BCUT2D eigenvalue weighted by molar-refractivity contribution is 5.37. The van der Waals surface area contributed by atoms with Crippen LogP contribution in [0.15, 0.2) is 18.7 Å². The summed E-state index contributed by atoms with van der Waals surface area (Å²) in [5, 5.41) is 6.29. The number of hydrogen-bond donors (Lipinski definition) is 2. The number of imidazole rings is 1. The topological polar surface area (TPSA) is 89.8 Å². The molecular weight excluding hydrogens is 270 g/mol. The molecule has 0 saturated heterocycles. The average Bonchev–Trinajstić information content (AvgIpc) is 3.01. The zero-order chi connectivity index (χ0) is 14.9. The van der Waals surface area contributed by atoms with Gasteiger partial charge in [-0.15, -0.1) is 0 Å². The van der Waals surface area contributed by atoms with E-state index < -0.39 is 0 Å². The molecule has 0 fully saturated rings. The number of anilines is 2. The summed E-state index contributed by atoms with van der Waals surface area (Å²) in [7, 11) is 0. The Morgan fingerprint density at radius 2 is 1.95 bits per heavy atom. The van der Waals surface area contributed by atoms with Crippen molar-refractivity contribution in [2.45, 2.75) is 20.3 Å². The molecule has 2 aromatic heterocycles. The first-order valence-electron chi connectivity index (χ1n) is 7.13. The first-order valence-corrected chi connectivity index (χ1v) is 7.13. The number of aromatic nitrogens is 5. The molecule has 0 saturated carbocycles. The van der Waals surface area contributed by atoms with Gasteiger partial charge in [-0.05, 0) is 20.3 Å². The zero-order valence-corrected chi connectivity index (χ0v) is 12.4. The third kappa shape index (κ3) is 4.67. The van der Waals surface area contributed by atoms with Crippen LogP contribution in [0, 0.1) is 0 Å². The molecule has 8 nitrogen and oxygen atoms in total. The van der Waals surface area contributed by atoms with E-state index in [9.17, 15) is 0 Å². The number of hydrogen-bond acceptors (Lipinski definition) is 7. The van der Waals surface area contributed by atoms with Crippen molar-refractivity contribution in [3.8, 4) is 5.95 Å². The van der Waals surface area contributed by atoms with E-state index in [1.54, 1.807) is 23.3 Å². The van der Waals surface area contributed by atoms with Crippen LogP contribution in [0.5, 0.6) is 0 Å². The van der Waals surface area contributed by atoms with Crippen LogP contribution in [0.25, 0.3) is 5.95 Å². The molecule has 2 heterocycles. The zero-order valence-electron chi connectivity index (χ0n) is 12.4. The quantitative estimate of drug-likeness (QED) is 0.673. The number of rotatable bonds is 9. The first-order chi connectivity index (χ1) is 10.3. The molecule has 2 rings (SSSR count). The summed E-state index contributed by atoms with van der Waals surface area (Å²) in [6.45, 7) is 6.94. The van der Waals surface area contributed by atoms with Gasteiger partial charge in [0.05, 0.1) is 0 Å². The highest BCUT2D eigenvalue weighted by Crippen LogP contribution is 2.09. The van der Waals surface area contributed by atoms with Crippen molar-refractivity contribution in [3.63, 3.8) is 0 Å². The smallest absolute Gasteiger partial charge is 0.241 e. The van der Waals surface area contributed by atoms with Crippen LogP contribution in [0.1, 0.15) is 20.3 Å². The van der Waals surface area contributed by atoms with Crippen molar-refractivity contribution in [3.05, 3.63) is 18.7 Å². The normalized spacial score (nSPS) is 10.6. The van der Waals surface area contributed by atoms with Crippen molar-refractivity contribution in [2.75, 3.05) is 36.9 Å². The summed E-state index contributed by atoms with van der Waals surface area (Å²) in [6, 6.07) is 0. The molecule has 21 heavy (non-hydrogen) atoms. The number of nitrogens with zero attached hydrogens (tertiary/aromatic N) is 5. The molecule has 2 N–H and O–H groups in total. The Morgan fingerprint density at radius 1 is 1.14 bits per heavy atom. The van der Waals surface area contributed by atoms with Crippen molar-refractivity contribution in [2.24, 2.45) is 0 Å². The molecule has 0 aliphatic carbocycles. The SMILES string of the molecule is CCNc1nc(NCCCOCC)nc(-n2ccnc2)n1. The molecule has 0 atom stereocenters. The van der Waals surface area contributed by atoms with E-state index >= 15 is 0 Å². The second kappa shape index (κ2) is 8.15. The minimum atomic E-state index is 0.533. The largest absolute Gasteiger partial charge is 0.382 e. The van der Waals surface area contributed by atoms with Crippen molar-refractivity contribution < 1.29 is 4.74 Å². The lowest BCUT2D eigenvalue weighted by Crippen LogP contribution is -2.13. The van der Waals surface area contributed by atoms with E-state index in [1.807, 2.05) is 13.8 Å². The Balaban J connectivity index is 2.05. The predicted molar refractivity (Wildman–Crippen MR) is 80.7 cm³/mol. The van der Waals surface area contributed by atoms with Crippen LogP contribution < -0.4 is 10.6 Å². The molecule has 2 aromatic rings. The minimum absolute atomic E-state index is 0.533. The van der Waals surface area contributed by atoms with E-state index in [2.05, 4.69) is 30.6 Å². The van der Waals surface area contributed by atoms with Gasteiger partial charge in [0, 0.05) is 38.7 Å². The fraction of sp³-hybridized carbons (Fsp3) is 0.538. The summed E-state index contributed by atoms with van der Waals surface area (Å²) >= 11 is 0. The van der Waals surface area contributed by atoms with Crippen molar-refractivity contribution in [1.29, 1.82) is 0 Å². The van der Waals surface area contributed by atoms with Crippen LogP contribution in [-0.4, -0.2) is 50.8 Å². The van der Waals surface area contributed by atoms with Gasteiger partial charge in [0.25, 0.3) is 0 Å². The number of ether oxygens (including phenoxy) is 1. The molecule has 0 radical (unpaired) electrons. The molecule has 8 heteroatoms. The van der Waals surface area contributed by atoms with Gasteiger partial charge in [0.1, 0.15) is 6.33 Å². The van der Waals surface area contributed by atoms with Crippen molar-refractivity contribution >= 4 is 11.9 Å². The monoisotopic (exact) mass is 291 g/mol. The van der Waals surface area contributed by atoms with Gasteiger partial charge in [0.15, 0.2) is 0 Å². The Labute approximate surface area is 124 Å². The van der Waals surface area contributed by atoms with Gasteiger partial charge < -0.3 is 15.4 Å². The standard InChI is InChI=1S/C13H21N7O/c1-3-15-11-17-12(16-6-5-9-21-4-2)19-13(18-11)20-8-7-14-10-20/h7-8,10H,3-6,9H2,1-2H3,(H2,15,16,17,18,19). The molecule has 0 unspecified atom stereocenters. The Hall–Kier alpha value is -2.22. The molecule has 0 aromatic carbocycles. The number of nitrogens with one attached hydrogen (secondary N) is 2. The molecule has 0 bridgehead atoms. The fourth-order valence-corrected chi connectivity index (χ4v) is 1.69. The lowest BCUT2D eigenvalue weighted by molar-refractivity contribution is 0.147. The predicted octanol–water partition coefficient (Wildman–Crippen LogP) is 1.33. The van der Waals surface area contributed by atoms with Gasteiger partial charge in [-0.1, -0.05) is 0 Å². The maximum atomic E-state index is 5.30. The summed E-state index contributed by atoms with van der Waals surface area (Å²) in [5.41, 5.74) is 0. The second-order valence-electron chi connectivity index (χ2n) is 4.26. The summed E-state index contributed by atoms with van der Waals surface area (Å²) < 4.78 is 7.04. The van der Waals surface area contributed by atoms with Gasteiger partial charge in [-0.25, -0.2) is 4.98 Å². The lowest BCUT2D eigenvalue weighted by atomic mass is 10.4. The van der Waals surface area contributed by atoms with E-state index in [0.29, 0.717) is 17.8 Å². The van der Waals surface area contributed by atoms with Gasteiger partial charge >= 0.3 is 0 Å². The van der Waals surface area contributed by atoms with E-state index in [1.165, 1.54) is 0 Å². The van der Waals surface area contributed by atoms with Gasteiger partial charge in [0.2, 0.25) is 17.8 Å². The second-order valence-corrected chi connectivity index (χ2v) is 4.26. The third-order valence-corrected chi connectivity index (χ3v) is 2.65. The maximum Gasteiger partial charge on any atom is 0.241 e. The molecule has 0 aliphatic heterocycles. The highest BCUT2D eigenvalue weighted by atomic mass is 16.5. The van der Waals surface area contributed by atoms with E-state index in [0.717, 1.165) is 32.7 Å². The van der Waals surface area contributed by atoms with Crippen LogP contribution in [0.2, 0.25) is 0 Å². The summed E-state index contributed by atoms with van der Waals surface area (Å²) in [6.07, 6.45) is 6.04. The van der Waals surface area contributed by atoms with Gasteiger partial charge in [-0.3, -0.25) is 4.57 Å². The maximum absolute atomic E-state index is 5.30. The van der Waals surface area contributed by atoms with Crippen LogP contribution >= 0.6 is 0 Å². The third-order valence-electron chi connectivity index (χ3n) is 2.65. The van der Waals surface area contributed by atoms with E-state index in [-0.39, 0.29) is 0 Å². The van der Waals surface area contributed by atoms with Crippen molar-refractivity contribution in [1.82, 2.24) is 24.5 Å². The molecular formula is C13H21N7O. The minimum Gasteiger partial charge on any atom is -0.382 e. The van der Waals surface area contributed by atoms with E-state index in [4.69, 9.17) is 4.74 Å². The van der Waals surface area contributed by atoms with Crippen LogP contribution in [0.4, 0.5) is 11.9 Å². The Morgan fingerprint density at radius 3 is 2.62 bits per heavy atom. The summed E-state index contributed by atoms with van der Waals surface area (Å²) in [5.74, 6) is 1.62. The molecule has 0 aliphatic rings. The van der Waals surface area contributed by atoms with Gasteiger partial charge in [-0.2, -0.15) is 15.0 Å². The Kier molecular flexibility index (Phi) is 5.89. The van der Waals surface area contributed by atoms with Crippen LogP contribution in [-0.2, 0) is 4.74 Å². The lowest BCUT2D eigenvalue weighted by Gasteiger charge is -2.09. The first kappa shape index (κ1) is 15.2. The fourth-order valence-electron chi connectivity index (χ4n) is 1.69. The average molecular weight is 291 g/mol. The molecule has 0 amide bonds.